The predicted octanol–water partition coefficient (Wildman–Crippen LogP) is 2.54. The maximum Gasteiger partial charge on any atom is 0.305 e. The predicted molar refractivity (Wildman–Crippen MR) is 90.4 cm³/mol. The second-order valence-corrected chi connectivity index (χ2v) is 6.42. The standard InChI is InChI=1S/C17H19ClN2O4/c1-19-13-6-4-3-5-12(13)15(18)16(19)17(23)20-9-11(24-2)7-10(20)8-14(21)22/h3-6,10-11H,7-9H2,1-2H3,(H,21,22). The van der Waals surface area contributed by atoms with E-state index in [0.29, 0.717) is 23.7 Å². The molecule has 1 aromatic carbocycles. The van der Waals surface area contributed by atoms with Crippen LogP contribution in [0.5, 0.6) is 0 Å². The highest BCUT2D eigenvalue weighted by molar-refractivity contribution is 6.38. The van der Waals surface area contributed by atoms with Gasteiger partial charge in [-0.25, -0.2) is 0 Å². The molecule has 2 aromatic rings. The fourth-order valence-corrected chi connectivity index (χ4v) is 3.78. The maximum atomic E-state index is 13.1. The second-order valence-electron chi connectivity index (χ2n) is 6.04. The molecule has 1 aliphatic rings. The Kier molecular flexibility index (Phi) is 4.51. The number of aliphatic carboxylic acids is 1. The highest BCUT2D eigenvalue weighted by Gasteiger charge is 2.38. The van der Waals surface area contributed by atoms with Crippen molar-refractivity contribution in [2.75, 3.05) is 13.7 Å². The molecule has 6 nitrogen and oxygen atoms in total. The van der Waals surface area contributed by atoms with Crippen LogP contribution in [0.3, 0.4) is 0 Å². The molecule has 0 spiro atoms. The minimum absolute atomic E-state index is 0.104. The molecule has 1 amide bonds. The van der Waals surface area contributed by atoms with Gasteiger partial charge >= 0.3 is 5.97 Å². The number of carbonyl (C=O) groups excluding carboxylic acids is 1. The van der Waals surface area contributed by atoms with E-state index in [1.54, 1.807) is 23.6 Å². The van der Waals surface area contributed by atoms with Crippen molar-refractivity contribution >= 4 is 34.4 Å². The number of benzene rings is 1. The summed E-state index contributed by atoms with van der Waals surface area (Å²) in [5, 5.41) is 10.3. The van der Waals surface area contributed by atoms with Gasteiger partial charge in [0.1, 0.15) is 5.69 Å². The van der Waals surface area contributed by atoms with Crippen molar-refractivity contribution in [3.8, 4) is 0 Å². The zero-order chi connectivity index (χ0) is 17.4. The summed E-state index contributed by atoms with van der Waals surface area (Å²) in [5.41, 5.74) is 1.24. The van der Waals surface area contributed by atoms with E-state index < -0.39 is 12.0 Å². The van der Waals surface area contributed by atoms with Crippen LogP contribution in [-0.2, 0) is 16.6 Å². The van der Waals surface area contributed by atoms with Crippen LogP contribution in [0.25, 0.3) is 10.9 Å². The minimum Gasteiger partial charge on any atom is -0.481 e. The number of para-hydroxylation sites is 1. The van der Waals surface area contributed by atoms with Gasteiger partial charge in [0.25, 0.3) is 5.91 Å². The Morgan fingerprint density at radius 3 is 2.71 bits per heavy atom. The molecule has 2 atom stereocenters. The van der Waals surface area contributed by atoms with Crippen molar-refractivity contribution in [3.63, 3.8) is 0 Å². The number of methoxy groups -OCH3 is 1. The van der Waals surface area contributed by atoms with E-state index in [1.807, 2.05) is 24.3 Å². The number of ether oxygens (including phenoxy) is 1. The molecular formula is C17H19ClN2O4. The number of hydrogen-bond acceptors (Lipinski definition) is 3. The minimum atomic E-state index is -0.933. The number of carbonyl (C=O) groups is 2. The van der Waals surface area contributed by atoms with Crippen molar-refractivity contribution in [1.29, 1.82) is 0 Å². The molecule has 1 N–H and O–H groups in total. The molecule has 2 heterocycles. The first kappa shape index (κ1) is 16.8. The molecule has 1 saturated heterocycles. The van der Waals surface area contributed by atoms with Gasteiger partial charge in [-0.1, -0.05) is 29.8 Å². The van der Waals surface area contributed by atoms with Crippen LogP contribution in [0, 0.1) is 0 Å². The van der Waals surface area contributed by atoms with E-state index in [2.05, 4.69) is 0 Å². The summed E-state index contributed by atoms with van der Waals surface area (Å²) in [6, 6.07) is 7.12. The molecule has 7 heteroatoms. The lowest BCUT2D eigenvalue weighted by molar-refractivity contribution is -0.137. The van der Waals surface area contributed by atoms with Gasteiger partial charge in [-0.3, -0.25) is 9.59 Å². The zero-order valence-electron chi connectivity index (χ0n) is 13.5. The number of carboxylic acid groups (broad SMARTS) is 1. The molecule has 2 unspecified atom stereocenters. The lowest BCUT2D eigenvalue weighted by Crippen LogP contribution is -2.38. The largest absolute Gasteiger partial charge is 0.481 e. The summed E-state index contributed by atoms with van der Waals surface area (Å²) in [6.45, 7) is 0.366. The number of nitrogens with zero attached hydrogens (tertiary/aromatic N) is 2. The van der Waals surface area contributed by atoms with Gasteiger partial charge in [-0.15, -0.1) is 0 Å². The monoisotopic (exact) mass is 350 g/mol. The number of aryl methyl sites for hydroxylation is 1. The summed E-state index contributed by atoms with van der Waals surface area (Å²) in [6.07, 6.45) is 0.246. The van der Waals surface area contributed by atoms with Crippen LogP contribution in [-0.4, -0.2) is 52.3 Å². The Morgan fingerprint density at radius 1 is 1.38 bits per heavy atom. The first-order chi connectivity index (χ1) is 11.4. The van der Waals surface area contributed by atoms with Gasteiger partial charge in [0.2, 0.25) is 0 Å². The molecule has 1 fully saturated rings. The molecule has 0 bridgehead atoms. The molecule has 128 valence electrons. The smallest absolute Gasteiger partial charge is 0.305 e. The third kappa shape index (κ3) is 2.76. The third-order valence-electron chi connectivity index (χ3n) is 4.63. The van der Waals surface area contributed by atoms with Gasteiger partial charge < -0.3 is 19.3 Å². The van der Waals surface area contributed by atoms with Crippen molar-refractivity contribution < 1.29 is 19.4 Å². The van der Waals surface area contributed by atoms with Crippen LogP contribution in [0.2, 0.25) is 5.02 Å². The topological polar surface area (TPSA) is 71.8 Å². The maximum absolute atomic E-state index is 13.1. The lowest BCUT2D eigenvalue weighted by atomic mass is 10.1. The van der Waals surface area contributed by atoms with Crippen molar-refractivity contribution in [3.05, 3.63) is 35.0 Å². The molecule has 24 heavy (non-hydrogen) atoms. The molecule has 1 aliphatic heterocycles. The Labute approximate surface area is 144 Å². The van der Waals surface area contributed by atoms with Gasteiger partial charge in [-0.2, -0.15) is 0 Å². The Hall–Kier alpha value is -2.05. The number of fused-ring (bicyclic) bond motifs is 1. The van der Waals surface area contributed by atoms with E-state index in [4.69, 9.17) is 21.4 Å². The van der Waals surface area contributed by atoms with Crippen molar-refractivity contribution in [1.82, 2.24) is 9.47 Å². The summed E-state index contributed by atoms with van der Waals surface area (Å²) in [7, 11) is 3.36. The first-order valence-corrected chi connectivity index (χ1v) is 8.10. The van der Waals surface area contributed by atoms with Gasteiger partial charge in [-0.05, 0) is 12.5 Å². The number of aromatic nitrogens is 1. The summed E-state index contributed by atoms with van der Waals surface area (Å²) >= 11 is 6.44. The van der Waals surface area contributed by atoms with Crippen LogP contribution >= 0.6 is 11.6 Å². The van der Waals surface area contributed by atoms with Crippen LogP contribution in [0.4, 0.5) is 0 Å². The fraction of sp³-hybridized carbons (Fsp3) is 0.412. The number of halogens is 1. The molecule has 1 aromatic heterocycles. The number of carboxylic acids is 1. The average Bonchev–Trinajstić information content (AvgIpc) is 3.07. The van der Waals surface area contributed by atoms with Gasteiger partial charge in [0, 0.05) is 37.6 Å². The zero-order valence-corrected chi connectivity index (χ0v) is 14.3. The molecule has 3 rings (SSSR count). The van der Waals surface area contributed by atoms with E-state index >= 15 is 0 Å². The van der Waals surface area contributed by atoms with Crippen molar-refractivity contribution in [2.24, 2.45) is 7.05 Å². The molecular weight excluding hydrogens is 332 g/mol. The number of amides is 1. The molecule has 0 aliphatic carbocycles. The third-order valence-corrected chi connectivity index (χ3v) is 5.01. The normalized spacial score (nSPS) is 20.7. The Balaban J connectivity index is 2.00. The first-order valence-electron chi connectivity index (χ1n) is 7.72. The van der Waals surface area contributed by atoms with E-state index in [-0.39, 0.29) is 18.4 Å². The van der Waals surface area contributed by atoms with Crippen LogP contribution < -0.4 is 0 Å². The summed E-state index contributed by atoms with van der Waals surface area (Å²) in [5.74, 6) is -1.19. The van der Waals surface area contributed by atoms with Crippen molar-refractivity contribution in [2.45, 2.75) is 25.0 Å². The lowest BCUT2D eigenvalue weighted by Gasteiger charge is -2.23. The highest BCUT2D eigenvalue weighted by Crippen LogP contribution is 2.33. The summed E-state index contributed by atoms with van der Waals surface area (Å²) in [4.78, 5) is 25.8. The highest BCUT2D eigenvalue weighted by atomic mass is 35.5. The van der Waals surface area contributed by atoms with E-state index in [0.717, 1.165) is 10.9 Å². The molecule has 0 radical (unpaired) electrons. The van der Waals surface area contributed by atoms with Gasteiger partial charge in [0.05, 0.1) is 17.5 Å². The second kappa shape index (κ2) is 6.45. The quantitative estimate of drug-likeness (QED) is 0.919. The number of likely N-dealkylation sites (tertiary alicyclic amines) is 1. The van der Waals surface area contributed by atoms with E-state index in [9.17, 15) is 9.59 Å². The van der Waals surface area contributed by atoms with Crippen LogP contribution in [0.15, 0.2) is 24.3 Å². The fourth-order valence-electron chi connectivity index (χ4n) is 3.41. The SMILES string of the molecule is COC1CC(CC(=O)O)N(C(=O)c2c(Cl)c3ccccc3n2C)C1. The Bertz CT molecular complexity index is 762. The average molecular weight is 351 g/mol. The Morgan fingerprint density at radius 2 is 2.08 bits per heavy atom. The van der Waals surface area contributed by atoms with Crippen LogP contribution in [0.1, 0.15) is 23.3 Å². The van der Waals surface area contributed by atoms with Gasteiger partial charge in [0.15, 0.2) is 0 Å². The summed E-state index contributed by atoms with van der Waals surface area (Å²) < 4.78 is 7.09. The molecule has 0 saturated carbocycles. The number of rotatable bonds is 4. The van der Waals surface area contributed by atoms with E-state index in [1.165, 1.54) is 0 Å². The number of hydrogen-bond donors (Lipinski definition) is 1.